The van der Waals surface area contributed by atoms with Crippen molar-refractivity contribution in [3.8, 4) is 11.5 Å². The summed E-state index contributed by atoms with van der Waals surface area (Å²) in [5.41, 5.74) is 1.81. The molecule has 138 valence electrons. The number of benzene rings is 1. The zero-order valence-electron chi connectivity index (χ0n) is 16.3. The van der Waals surface area contributed by atoms with Crippen LogP contribution in [0.15, 0.2) is 36.4 Å². The van der Waals surface area contributed by atoms with E-state index in [1.54, 1.807) is 7.11 Å². The number of ether oxygens (including phenoxy) is 2. The average molecular weight is 355 g/mol. The summed E-state index contributed by atoms with van der Waals surface area (Å²) < 4.78 is 23.8. The Bertz CT molecular complexity index is 775. The minimum Gasteiger partial charge on any atom is -0.497 e. The second kappa shape index (κ2) is 6.93. The van der Waals surface area contributed by atoms with Gasteiger partial charge < -0.3 is 18.8 Å². The molecule has 1 aliphatic rings. The van der Waals surface area contributed by atoms with E-state index in [0.29, 0.717) is 12.4 Å². The maximum absolute atomic E-state index is 6.19. The highest BCUT2D eigenvalue weighted by molar-refractivity contribution is 6.63. The summed E-state index contributed by atoms with van der Waals surface area (Å²) in [5.74, 6) is 1.43. The highest BCUT2D eigenvalue weighted by Gasteiger charge is 2.52. The molecular weight excluding hydrogens is 329 g/mol. The molecule has 1 saturated heterocycles. The van der Waals surface area contributed by atoms with Crippen LogP contribution in [0.4, 0.5) is 0 Å². The molecule has 0 spiro atoms. The van der Waals surface area contributed by atoms with Crippen molar-refractivity contribution >= 4 is 12.6 Å². The van der Waals surface area contributed by atoms with E-state index in [2.05, 4.69) is 4.98 Å². The minimum absolute atomic E-state index is 0.376. The first-order chi connectivity index (χ1) is 12.2. The molecule has 1 fully saturated rings. The van der Waals surface area contributed by atoms with Gasteiger partial charge in [0, 0.05) is 11.2 Å². The second-order valence-electron chi connectivity index (χ2n) is 7.55. The average Bonchev–Trinajstić information content (AvgIpc) is 2.80. The standard InChI is InChI=1S/C20H26BNO4/c1-14-8-7-9-15(22-14)13-24-18-11-10-16(23-6)12-17(18)21-25-19(2,3)20(4,5)26-21/h7-12H,13H2,1-6H3. The summed E-state index contributed by atoms with van der Waals surface area (Å²) in [5, 5.41) is 0. The molecule has 6 heteroatoms. The highest BCUT2D eigenvalue weighted by Crippen LogP contribution is 2.37. The number of nitrogens with zero attached hydrogens (tertiary/aromatic N) is 1. The predicted molar refractivity (Wildman–Crippen MR) is 102 cm³/mol. The van der Waals surface area contributed by atoms with Crippen LogP contribution < -0.4 is 14.9 Å². The van der Waals surface area contributed by atoms with Gasteiger partial charge in [0.2, 0.25) is 0 Å². The van der Waals surface area contributed by atoms with E-state index in [1.807, 2.05) is 71.0 Å². The molecule has 0 aliphatic carbocycles. The predicted octanol–water partition coefficient (Wildman–Crippen LogP) is 3.28. The number of aryl methyl sites for hydroxylation is 1. The van der Waals surface area contributed by atoms with Gasteiger partial charge in [-0.2, -0.15) is 0 Å². The first-order valence-electron chi connectivity index (χ1n) is 8.81. The Hall–Kier alpha value is -2.05. The molecule has 0 atom stereocenters. The van der Waals surface area contributed by atoms with E-state index in [-0.39, 0.29) is 0 Å². The quantitative estimate of drug-likeness (QED) is 0.771. The van der Waals surface area contributed by atoms with Crippen LogP contribution in [0, 0.1) is 6.92 Å². The monoisotopic (exact) mass is 355 g/mol. The third kappa shape index (κ3) is 3.71. The Morgan fingerprint density at radius 1 is 1.04 bits per heavy atom. The van der Waals surface area contributed by atoms with Crippen molar-refractivity contribution in [3.05, 3.63) is 47.8 Å². The number of hydrogen-bond acceptors (Lipinski definition) is 5. The van der Waals surface area contributed by atoms with Crippen LogP contribution in [-0.2, 0) is 15.9 Å². The zero-order chi connectivity index (χ0) is 18.9. The lowest BCUT2D eigenvalue weighted by Gasteiger charge is -2.32. The largest absolute Gasteiger partial charge is 0.498 e. The van der Waals surface area contributed by atoms with E-state index in [0.717, 1.165) is 22.6 Å². The van der Waals surface area contributed by atoms with Gasteiger partial charge >= 0.3 is 7.12 Å². The van der Waals surface area contributed by atoms with E-state index in [4.69, 9.17) is 18.8 Å². The molecule has 2 heterocycles. The molecule has 0 amide bonds. The lowest BCUT2D eigenvalue weighted by atomic mass is 9.78. The van der Waals surface area contributed by atoms with Crippen molar-refractivity contribution in [2.45, 2.75) is 52.4 Å². The van der Waals surface area contributed by atoms with Crippen molar-refractivity contribution in [1.29, 1.82) is 0 Å². The fourth-order valence-corrected chi connectivity index (χ4v) is 2.77. The van der Waals surface area contributed by atoms with Gasteiger partial charge in [0.1, 0.15) is 18.1 Å². The molecule has 2 aromatic rings. The Morgan fingerprint density at radius 3 is 2.35 bits per heavy atom. The fourth-order valence-electron chi connectivity index (χ4n) is 2.77. The van der Waals surface area contributed by atoms with Gasteiger partial charge in [0.05, 0.1) is 24.0 Å². The van der Waals surface area contributed by atoms with Crippen molar-refractivity contribution in [2.75, 3.05) is 7.11 Å². The van der Waals surface area contributed by atoms with Gasteiger partial charge in [0.25, 0.3) is 0 Å². The Labute approximate surface area is 155 Å². The van der Waals surface area contributed by atoms with Crippen LogP contribution in [0.25, 0.3) is 0 Å². The van der Waals surface area contributed by atoms with Crippen LogP contribution in [0.1, 0.15) is 39.1 Å². The number of hydrogen-bond donors (Lipinski definition) is 0. The molecule has 0 radical (unpaired) electrons. The first-order valence-corrected chi connectivity index (χ1v) is 8.81. The van der Waals surface area contributed by atoms with Crippen LogP contribution in [0.2, 0.25) is 0 Å². The Morgan fingerprint density at radius 2 is 1.73 bits per heavy atom. The molecule has 5 nitrogen and oxygen atoms in total. The maximum atomic E-state index is 6.19. The topological polar surface area (TPSA) is 49.8 Å². The summed E-state index contributed by atoms with van der Waals surface area (Å²) in [7, 11) is 1.12. The lowest BCUT2D eigenvalue weighted by molar-refractivity contribution is 0.00578. The summed E-state index contributed by atoms with van der Waals surface area (Å²) in [6.45, 7) is 10.5. The number of pyridine rings is 1. The summed E-state index contributed by atoms with van der Waals surface area (Å²) in [6.07, 6.45) is 0. The first kappa shape index (κ1) is 18.7. The van der Waals surface area contributed by atoms with Crippen molar-refractivity contribution in [3.63, 3.8) is 0 Å². The molecule has 26 heavy (non-hydrogen) atoms. The Kier molecular flexibility index (Phi) is 4.99. The molecule has 0 unspecified atom stereocenters. The van der Waals surface area contributed by atoms with Gasteiger partial charge in [-0.15, -0.1) is 0 Å². The molecule has 3 rings (SSSR count). The normalized spacial score (nSPS) is 18.0. The summed E-state index contributed by atoms with van der Waals surface area (Å²) >= 11 is 0. The summed E-state index contributed by atoms with van der Waals surface area (Å²) in [4.78, 5) is 4.48. The molecule has 1 aromatic heterocycles. The second-order valence-corrected chi connectivity index (χ2v) is 7.55. The Balaban J connectivity index is 1.87. The third-order valence-electron chi connectivity index (χ3n) is 5.05. The zero-order valence-corrected chi connectivity index (χ0v) is 16.3. The van der Waals surface area contributed by atoms with Gasteiger partial charge in [-0.25, -0.2) is 0 Å². The van der Waals surface area contributed by atoms with E-state index >= 15 is 0 Å². The lowest BCUT2D eigenvalue weighted by Crippen LogP contribution is -2.41. The van der Waals surface area contributed by atoms with Crippen molar-refractivity contribution in [1.82, 2.24) is 4.98 Å². The maximum Gasteiger partial charge on any atom is 0.498 e. The van der Waals surface area contributed by atoms with Crippen molar-refractivity contribution < 1.29 is 18.8 Å². The van der Waals surface area contributed by atoms with Crippen molar-refractivity contribution in [2.24, 2.45) is 0 Å². The molecular formula is C20H26BNO4. The van der Waals surface area contributed by atoms with Gasteiger partial charge in [-0.05, 0) is 65.0 Å². The smallest absolute Gasteiger partial charge is 0.497 e. The van der Waals surface area contributed by atoms with Gasteiger partial charge in [0.15, 0.2) is 0 Å². The van der Waals surface area contributed by atoms with Gasteiger partial charge in [-0.3, -0.25) is 4.98 Å². The van der Waals surface area contributed by atoms with E-state index in [9.17, 15) is 0 Å². The van der Waals surface area contributed by atoms with E-state index < -0.39 is 18.3 Å². The SMILES string of the molecule is COc1ccc(OCc2cccc(C)n2)c(B2OC(C)(C)C(C)(C)O2)c1. The molecule has 0 bridgehead atoms. The van der Waals surface area contributed by atoms with Crippen LogP contribution in [-0.4, -0.2) is 30.4 Å². The van der Waals surface area contributed by atoms with Crippen LogP contribution in [0.3, 0.4) is 0 Å². The molecule has 1 aromatic carbocycles. The number of aromatic nitrogens is 1. The fraction of sp³-hybridized carbons (Fsp3) is 0.450. The molecule has 1 aliphatic heterocycles. The number of rotatable bonds is 5. The van der Waals surface area contributed by atoms with Crippen LogP contribution >= 0.6 is 0 Å². The highest BCUT2D eigenvalue weighted by atomic mass is 16.7. The van der Waals surface area contributed by atoms with Crippen LogP contribution in [0.5, 0.6) is 11.5 Å². The van der Waals surface area contributed by atoms with Gasteiger partial charge in [-0.1, -0.05) is 6.07 Å². The summed E-state index contributed by atoms with van der Waals surface area (Å²) in [6, 6.07) is 11.5. The molecule has 0 N–H and O–H groups in total. The van der Waals surface area contributed by atoms with E-state index in [1.165, 1.54) is 0 Å². The minimum atomic E-state index is -0.518. The third-order valence-corrected chi connectivity index (χ3v) is 5.05. The number of methoxy groups -OCH3 is 1. The molecule has 0 saturated carbocycles.